The van der Waals surface area contributed by atoms with Gasteiger partial charge >= 0.3 is 0 Å². The molecule has 1 aliphatic heterocycles. The highest BCUT2D eigenvalue weighted by atomic mass is 28.4. The molecule has 3 nitrogen and oxygen atoms in total. The van der Waals surface area contributed by atoms with Crippen LogP contribution in [0.1, 0.15) is 27.2 Å². The molecule has 1 aliphatic rings. The Morgan fingerprint density at radius 3 is 2.47 bits per heavy atom. The molecule has 0 aromatic rings. The van der Waals surface area contributed by atoms with E-state index in [9.17, 15) is 9.50 Å². The summed E-state index contributed by atoms with van der Waals surface area (Å²) in [5.41, 5.74) is 0. The molecule has 0 aliphatic carbocycles. The van der Waals surface area contributed by atoms with Crippen LogP contribution < -0.4 is 0 Å². The Morgan fingerprint density at radius 2 is 2.00 bits per heavy atom. The number of hydrogen-bond donors (Lipinski definition) is 1. The Balaban J connectivity index is 2.50. The summed E-state index contributed by atoms with van der Waals surface area (Å²) in [6, 6.07) is 0. The molecule has 0 radical (unpaired) electrons. The van der Waals surface area contributed by atoms with Crippen molar-refractivity contribution in [3.63, 3.8) is 0 Å². The van der Waals surface area contributed by atoms with Crippen LogP contribution in [-0.2, 0) is 9.16 Å². The summed E-state index contributed by atoms with van der Waals surface area (Å²) < 4.78 is 24.0. The van der Waals surface area contributed by atoms with Crippen molar-refractivity contribution in [2.45, 2.75) is 57.7 Å². The summed E-state index contributed by atoms with van der Waals surface area (Å²) in [4.78, 5) is 0. The van der Waals surface area contributed by atoms with Crippen LogP contribution in [0.25, 0.3) is 0 Å². The highest BCUT2D eigenvalue weighted by Crippen LogP contribution is 2.37. The number of hydrogen-bond acceptors (Lipinski definition) is 3. The molecular formula is C12H25FO3Si. The molecule has 0 aromatic carbocycles. The van der Waals surface area contributed by atoms with Crippen molar-refractivity contribution in [3.8, 4) is 0 Å². The lowest BCUT2D eigenvalue weighted by atomic mass is 10.0. The van der Waals surface area contributed by atoms with Gasteiger partial charge in [-0.3, -0.25) is 4.39 Å². The maximum absolute atomic E-state index is 12.7. The molecule has 102 valence electrons. The van der Waals surface area contributed by atoms with E-state index in [-0.39, 0.29) is 17.1 Å². The van der Waals surface area contributed by atoms with Crippen LogP contribution >= 0.6 is 0 Å². The van der Waals surface area contributed by atoms with E-state index in [0.717, 1.165) is 0 Å². The number of halogens is 1. The second kappa shape index (κ2) is 5.34. The third-order valence-electron chi connectivity index (χ3n) is 3.97. The van der Waals surface area contributed by atoms with Crippen molar-refractivity contribution < 1.29 is 18.7 Å². The van der Waals surface area contributed by atoms with Gasteiger partial charge in [0.25, 0.3) is 0 Å². The van der Waals surface area contributed by atoms with Gasteiger partial charge in [-0.15, -0.1) is 0 Å². The zero-order valence-electron chi connectivity index (χ0n) is 11.5. The summed E-state index contributed by atoms with van der Waals surface area (Å²) in [6.07, 6.45) is -0.755. The number of rotatable bonds is 4. The highest BCUT2D eigenvalue weighted by molar-refractivity contribution is 6.74. The van der Waals surface area contributed by atoms with Crippen molar-refractivity contribution in [2.75, 3.05) is 13.3 Å². The third kappa shape index (κ3) is 3.74. The smallest absolute Gasteiger partial charge is 0.192 e. The second-order valence-electron chi connectivity index (χ2n) is 6.35. The topological polar surface area (TPSA) is 38.7 Å². The molecule has 0 bridgehead atoms. The first-order chi connectivity index (χ1) is 7.67. The van der Waals surface area contributed by atoms with Crippen molar-refractivity contribution >= 4 is 8.32 Å². The van der Waals surface area contributed by atoms with E-state index in [2.05, 4.69) is 33.9 Å². The lowest BCUT2D eigenvalue weighted by molar-refractivity contribution is -0.102. The van der Waals surface area contributed by atoms with Crippen LogP contribution in [0.4, 0.5) is 4.39 Å². The van der Waals surface area contributed by atoms with Gasteiger partial charge in [0.2, 0.25) is 0 Å². The molecule has 1 fully saturated rings. The molecule has 1 saturated heterocycles. The number of alkyl halides is 1. The zero-order valence-corrected chi connectivity index (χ0v) is 12.5. The minimum Gasteiger partial charge on any atom is -0.414 e. The molecule has 5 heteroatoms. The fourth-order valence-electron chi connectivity index (χ4n) is 1.62. The Morgan fingerprint density at radius 1 is 1.41 bits per heavy atom. The minimum absolute atomic E-state index is 0.134. The molecule has 1 N–H and O–H groups in total. The lowest BCUT2D eigenvalue weighted by Gasteiger charge is -2.37. The van der Waals surface area contributed by atoms with Gasteiger partial charge < -0.3 is 14.3 Å². The maximum Gasteiger partial charge on any atom is 0.192 e. The van der Waals surface area contributed by atoms with Gasteiger partial charge in [0.15, 0.2) is 14.6 Å². The predicted molar refractivity (Wildman–Crippen MR) is 68.1 cm³/mol. The normalized spacial score (nSPS) is 30.9. The van der Waals surface area contributed by atoms with Crippen molar-refractivity contribution in [3.05, 3.63) is 0 Å². The summed E-state index contributed by atoms with van der Waals surface area (Å²) in [5, 5.41) is 9.49. The van der Waals surface area contributed by atoms with Gasteiger partial charge in [0.1, 0.15) is 0 Å². The van der Waals surface area contributed by atoms with Crippen LogP contribution in [0.5, 0.6) is 0 Å². The summed E-state index contributed by atoms with van der Waals surface area (Å²) in [5.74, 6) is -0.227. The van der Waals surface area contributed by atoms with Crippen LogP contribution in [0.15, 0.2) is 0 Å². The van der Waals surface area contributed by atoms with E-state index < -0.39 is 21.3 Å². The monoisotopic (exact) mass is 264 g/mol. The maximum atomic E-state index is 12.7. The first-order valence-electron chi connectivity index (χ1n) is 6.21. The van der Waals surface area contributed by atoms with Gasteiger partial charge in [-0.05, 0) is 18.1 Å². The van der Waals surface area contributed by atoms with E-state index >= 15 is 0 Å². The average molecular weight is 264 g/mol. The molecule has 0 spiro atoms. The van der Waals surface area contributed by atoms with E-state index in [1.54, 1.807) is 0 Å². The second-order valence-corrected chi connectivity index (χ2v) is 11.2. The fraction of sp³-hybridized carbons (Fsp3) is 1.00. The molecule has 1 heterocycles. The average Bonchev–Trinajstić information content (AvgIpc) is 2.54. The standard InChI is InChI=1S/C12H25FO3Si/c1-12(2,3)17(4,5)15-8-10-9(7-13)6-11(14)16-10/h9-11,14H,6-8H2,1-5H3/t9-,10-,11?/m1/s1. The Labute approximate surface area is 104 Å². The molecule has 0 saturated carbocycles. The van der Waals surface area contributed by atoms with E-state index in [1.165, 1.54) is 0 Å². The zero-order chi connectivity index (χ0) is 13.3. The van der Waals surface area contributed by atoms with Crippen LogP contribution in [0.2, 0.25) is 18.1 Å². The summed E-state index contributed by atoms with van der Waals surface area (Å²) >= 11 is 0. The number of aliphatic hydroxyl groups excluding tert-OH is 1. The fourth-order valence-corrected chi connectivity index (χ4v) is 2.64. The van der Waals surface area contributed by atoms with Crippen molar-refractivity contribution in [1.82, 2.24) is 0 Å². The molecule has 1 rings (SSSR count). The van der Waals surface area contributed by atoms with Gasteiger partial charge in [0.05, 0.1) is 19.4 Å². The predicted octanol–water partition coefficient (Wildman–Crippen LogP) is 2.70. The Kier molecular flexibility index (Phi) is 4.74. The molecular weight excluding hydrogens is 239 g/mol. The lowest BCUT2D eigenvalue weighted by Crippen LogP contribution is -2.43. The molecule has 17 heavy (non-hydrogen) atoms. The Hall–Kier alpha value is 0.0269. The third-order valence-corrected chi connectivity index (χ3v) is 8.48. The number of ether oxygens (including phenoxy) is 1. The molecule has 1 unspecified atom stereocenters. The first-order valence-corrected chi connectivity index (χ1v) is 9.11. The first kappa shape index (κ1) is 15.1. The molecule has 0 aromatic heterocycles. The van der Waals surface area contributed by atoms with E-state index in [4.69, 9.17) is 9.16 Å². The van der Waals surface area contributed by atoms with E-state index in [1.807, 2.05) is 0 Å². The largest absolute Gasteiger partial charge is 0.414 e. The quantitative estimate of drug-likeness (QED) is 0.794. The highest BCUT2D eigenvalue weighted by Gasteiger charge is 2.40. The van der Waals surface area contributed by atoms with Crippen molar-refractivity contribution in [1.29, 1.82) is 0 Å². The van der Waals surface area contributed by atoms with Gasteiger partial charge in [-0.25, -0.2) is 0 Å². The molecule has 3 atom stereocenters. The minimum atomic E-state index is -1.82. The van der Waals surface area contributed by atoms with Gasteiger partial charge in [-0.2, -0.15) is 0 Å². The summed E-state index contributed by atoms with van der Waals surface area (Å²) in [6.45, 7) is 10.7. The Bertz CT molecular complexity index is 253. The number of aliphatic hydroxyl groups is 1. The summed E-state index contributed by atoms with van der Waals surface area (Å²) in [7, 11) is -1.82. The van der Waals surface area contributed by atoms with Gasteiger partial charge in [-0.1, -0.05) is 20.8 Å². The van der Waals surface area contributed by atoms with E-state index in [0.29, 0.717) is 13.0 Å². The van der Waals surface area contributed by atoms with Gasteiger partial charge in [0, 0.05) is 12.3 Å². The van der Waals surface area contributed by atoms with Crippen molar-refractivity contribution in [2.24, 2.45) is 5.92 Å². The SMILES string of the molecule is CC(C)(C)[Si](C)(C)OC[C@H]1OC(O)C[C@@H]1CF. The van der Waals surface area contributed by atoms with Crippen LogP contribution in [0, 0.1) is 5.92 Å². The van der Waals surface area contributed by atoms with Crippen LogP contribution in [-0.4, -0.2) is 39.1 Å². The van der Waals surface area contributed by atoms with Crippen LogP contribution in [0.3, 0.4) is 0 Å². The molecule has 0 amide bonds.